The number of likely N-dealkylation sites (N-methyl/N-ethyl adjacent to an activating group) is 1. The van der Waals surface area contributed by atoms with Crippen LogP contribution in [0.4, 0.5) is 0 Å². The Hall–Kier alpha value is -2.37. The molecule has 1 saturated carbocycles. The summed E-state index contributed by atoms with van der Waals surface area (Å²) in [6.07, 6.45) is 8.80. The van der Waals surface area contributed by atoms with E-state index >= 15 is 0 Å². The first-order valence-electron chi connectivity index (χ1n) is 13.7. The molecule has 1 saturated heterocycles. The highest BCUT2D eigenvalue weighted by Gasteiger charge is 2.35. The van der Waals surface area contributed by atoms with E-state index in [0.717, 1.165) is 42.0 Å². The molecule has 2 atom stereocenters. The zero-order chi connectivity index (χ0) is 25.7. The van der Waals surface area contributed by atoms with Crippen LogP contribution in [0.15, 0.2) is 60.8 Å². The quantitative estimate of drug-likeness (QED) is 0.338. The Kier molecular flexibility index (Phi) is 9.08. The molecule has 2 unspecified atom stereocenters. The summed E-state index contributed by atoms with van der Waals surface area (Å²) in [5, 5.41) is 10.4. The zero-order valence-corrected chi connectivity index (χ0v) is 23.3. The maximum absolute atomic E-state index is 5.13. The molecule has 4 rings (SSSR count). The lowest BCUT2D eigenvalue weighted by molar-refractivity contribution is 0.234. The number of aromatic nitrogens is 1. The monoisotopic (exact) mass is 504 g/mol. The second-order valence-corrected chi connectivity index (χ2v) is 11.7. The van der Waals surface area contributed by atoms with Crippen molar-refractivity contribution in [2.24, 2.45) is 5.92 Å². The van der Waals surface area contributed by atoms with E-state index in [0.29, 0.717) is 11.8 Å². The predicted molar refractivity (Wildman–Crippen MR) is 155 cm³/mol. The Labute approximate surface area is 222 Å². The van der Waals surface area contributed by atoms with Crippen molar-refractivity contribution in [2.45, 2.75) is 76.8 Å². The van der Waals surface area contributed by atoms with Gasteiger partial charge in [0.15, 0.2) is 0 Å². The topological polar surface area (TPSA) is 40.2 Å². The van der Waals surface area contributed by atoms with Crippen LogP contribution >= 0.6 is 11.3 Å². The van der Waals surface area contributed by atoms with Crippen molar-refractivity contribution < 1.29 is 0 Å². The second kappa shape index (κ2) is 12.2. The van der Waals surface area contributed by atoms with E-state index in [2.05, 4.69) is 78.8 Å². The van der Waals surface area contributed by atoms with Gasteiger partial charge in [0.1, 0.15) is 5.01 Å². The minimum Gasteiger partial charge on any atom is -0.379 e. The molecule has 194 valence electrons. The van der Waals surface area contributed by atoms with Crippen molar-refractivity contribution in [3.63, 3.8) is 0 Å². The van der Waals surface area contributed by atoms with Crippen LogP contribution in [0.3, 0.4) is 0 Å². The Balaban J connectivity index is 1.52. The number of hydrogen-bond acceptors (Lipinski definition) is 5. The van der Waals surface area contributed by atoms with Crippen LogP contribution in [0.5, 0.6) is 0 Å². The fourth-order valence-electron chi connectivity index (χ4n) is 5.78. The number of hydrogen-bond donors (Lipinski definition) is 2. The highest BCUT2D eigenvalue weighted by Crippen LogP contribution is 2.40. The molecule has 1 aliphatic heterocycles. The lowest BCUT2D eigenvalue weighted by Gasteiger charge is -2.39. The van der Waals surface area contributed by atoms with Crippen LogP contribution in [0.2, 0.25) is 0 Å². The van der Waals surface area contributed by atoms with Crippen molar-refractivity contribution in [1.82, 2.24) is 20.5 Å². The average molecular weight is 505 g/mol. The third-order valence-corrected chi connectivity index (χ3v) is 8.82. The van der Waals surface area contributed by atoms with E-state index in [4.69, 9.17) is 4.98 Å². The third kappa shape index (κ3) is 6.12. The smallest absolute Gasteiger partial charge is 0.116 e. The molecule has 2 heterocycles. The summed E-state index contributed by atoms with van der Waals surface area (Å²) in [6.45, 7) is 19.6. The number of nitrogens with zero attached hydrogens (tertiary/aromatic N) is 2. The van der Waals surface area contributed by atoms with Gasteiger partial charge in [-0.2, -0.15) is 0 Å². The van der Waals surface area contributed by atoms with Gasteiger partial charge in [0.2, 0.25) is 0 Å². The normalized spacial score (nSPS) is 19.4. The van der Waals surface area contributed by atoms with Gasteiger partial charge in [0.05, 0.1) is 17.8 Å². The Bertz CT molecular complexity index is 1060. The predicted octanol–water partition coefficient (Wildman–Crippen LogP) is 7.25. The Morgan fingerprint density at radius 1 is 1.11 bits per heavy atom. The minimum atomic E-state index is 0.236. The summed E-state index contributed by atoms with van der Waals surface area (Å²) in [4.78, 5) is 7.66. The molecule has 0 spiro atoms. The van der Waals surface area contributed by atoms with Crippen molar-refractivity contribution in [1.29, 1.82) is 0 Å². The highest BCUT2D eigenvalue weighted by molar-refractivity contribution is 7.09. The Morgan fingerprint density at radius 3 is 2.61 bits per heavy atom. The molecule has 0 bridgehead atoms. The SMILES string of the molecule is C=C(CNC)NC(C(=C)N1CCCC1c1nc(C(=C)c2cccc(C(C)C)c2)cs1)C1CCCCC1. The standard InChI is InChI=1S/C31H44N4S/c1-21(2)26-14-10-15-27(18-26)23(4)28-20-36-31(34-28)29-16-11-17-35(29)24(5)30(33-22(3)19-32-6)25-12-8-7-9-13-25/h10,14-15,18,20-21,25,29-30,32-33H,3-5,7-9,11-13,16-17,19H2,1-2,6H3. The van der Waals surface area contributed by atoms with Gasteiger partial charge in [0.25, 0.3) is 0 Å². The number of nitrogens with one attached hydrogen (secondary N) is 2. The van der Waals surface area contributed by atoms with Crippen LogP contribution in [0.25, 0.3) is 5.57 Å². The molecule has 2 N–H and O–H groups in total. The summed E-state index contributed by atoms with van der Waals surface area (Å²) < 4.78 is 0. The van der Waals surface area contributed by atoms with Gasteiger partial charge < -0.3 is 15.5 Å². The summed E-state index contributed by atoms with van der Waals surface area (Å²) in [6, 6.07) is 9.25. The first-order valence-corrected chi connectivity index (χ1v) is 14.6. The molecular formula is C31H44N4S. The minimum absolute atomic E-state index is 0.236. The van der Waals surface area contributed by atoms with E-state index in [1.54, 1.807) is 11.3 Å². The largest absolute Gasteiger partial charge is 0.379 e. The summed E-state index contributed by atoms with van der Waals surface area (Å²) in [5.41, 5.74) is 6.76. The number of benzene rings is 1. The van der Waals surface area contributed by atoms with E-state index < -0.39 is 0 Å². The van der Waals surface area contributed by atoms with Crippen molar-refractivity contribution in [3.8, 4) is 0 Å². The van der Waals surface area contributed by atoms with Gasteiger partial charge in [0, 0.05) is 35.4 Å². The van der Waals surface area contributed by atoms with Crippen molar-refractivity contribution in [2.75, 3.05) is 20.1 Å². The lowest BCUT2D eigenvalue weighted by atomic mass is 9.82. The molecule has 4 nitrogen and oxygen atoms in total. The fraction of sp³-hybridized carbons (Fsp3) is 0.516. The maximum atomic E-state index is 5.13. The van der Waals surface area contributed by atoms with Crippen molar-refractivity contribution in [3.05, 3.63) is 82.6 Å². The molecule has 1 aromatic carbocycles. The van der Waals surface area contributed by atoms with Gasteiger partial charge in [-0.25, -0.2) is 4.98 Å². The van der Waals surface area contributed by atoms with Gasteiger partial charge in [-0.15, -0.1) is 11.3 Å². The fourth-order valence-corrected chi connectivity index (χ4v) is 6.76. The lowest BCUT2D eigenvalue weighted by Crippen LogP contribution is -2.44. The number of likely N-dealkylation sites (tertiary alicyclic amines) is 1. The maximum Gasteiger partial charge on any atom is 0.116 e. The molecule has 0 radical (unpaired) electrons. The molecule has 1 aromatic heterocycles. The summed E-state index contributed by atoms with van der Waals surface area (Å²) >= 11 is 1.77. The average Bonchev–Trinajstić information content (AvgIpc) is 3.57. The Morgan fingerprint density at radius 2 is 1.89 bits per heavy atom. The second-order valence-electron chi connectivity index (χ2n) is 10.8. The highest BCUT2D eigenvalue weighted by atomic mass is 32.1. The third-order valence-electron chi connectivity index (χ3n) is 7.87. The van der Waals surface area contributed by atoms with Gasteiger partial charge >= 0.3 is 0 Å². The summed E-state index contributed by atoms with van der Waals surface area (Å²) in [7, 11) is 1.97. The van der Waals surface area contributed by atoms with E-state index in [9.17, 15) is 0 Å². The van der Waals surface area contributed by atoms with Crippen LogP contribution in [-0.2, 0) is 0 Å². The number of thiazole rings is 1. The van der Waals surface area contributed by atoms with Crippen molar-refractivity contribution >= 4 is 16.9 Å². The molecule has 2 aromatic rings. The van der Waals surface area contributed by atoms with E-state index in [1.807, 2.05) is 7.05 Å². The zero-order valence-electron chi connectivity index (χ0n) is 22.5. The van der Waals surface area contributed by atoms with Gasteiger partial charge in [-0.3, -0.25) is 0 Å². The molecule has 2 fully saturated rings. The molecule has 36 heavy (non-hydrogen) atoms. The summed E-state index contributed by atoms with van der Waals surface area (Å²) in [5.74, 6) is 1.11. The van der Waals surface area contributed by atoms with Crippen LogP contribution in [0, 0.1) is 5.92 Å². The molecule has 1 aliphatic carbocycles. The van der Waals surface area contributed by atoms with Crippen LogP contribution < -0.4 is 10.6 Å². The van der Waals surface area contributed by atoms with Crippen LogP contribution in [-0.4, -0.2) is 36.1 Å². The molecule has 2 aliphatic rings. The van der Waals surface area contributed by atoms with Gasteiger partial charge in [-0.1, -0.05) is 77.1 Å². The molecule has 5 heteroatoms. The first kappa shape index (κ1) is 26.7. The van der Waals surface area contributed by atoms with E-state index in [1.165, 1.54) is 54.8 Å². The van der Waals surface area contributed by atoms with Crippen LogP contribution in [0.1, 0.15) is 92.6 Å². The number of rotatable bonds is 11. The van der Waals surface area contributed by atoms with Gasteiger partial charge in [-0.05, 0) is 55.7 Å². The first-order chi connectivity index (χ1) is 17.4. The molecular weight excluding hydrogens is 460 g/mol. The van der Waals surface area contributed by atoms with E-state index in [-0.39, 0.29) is 12.1 Å². The molecule has 0 amide bonds.